The lowest BCUT2D eigenvalue weighted by molar-refractivity contribution is -0.137. The van der Waals surface area contributed by atoms with Crippen molar-refractivity contribution in [3.63, 3.8) is 0 Å². The van der Waals surface area contributed by atoms with Crippen molar-refractivity contribution < 1.29 is 14.3 Å². The number of rotatable bonds is 6. The average Bonchev–Trinajstić information content (AvgIpc) is 3.42. The molecule has 0 N–H and O–H groups in total. The van der Waals surface area contributed by atoms with Crippen LogP contribution in [0.5, 0.6) is 5.75 Å². The van der Waals surface area contributed by atoms with E-state index >= 15 is 0 Å². The highest BCUT2D eigenvalue weighted by Gasteiger charge is 2.17. The van der Waals surface area contributed by atoms with Gasteiger partial charge < -0.3 is 14.4 Å². The highest BCUT2D eigenvalue weighted by Crippen LogP contribution is 2.23. The molecule has 0 radical (unpaired) electrons. The first kappa shape index (κ1) is 18.2. The van der Waals surface area contributed by atoms with Crippen LogP contribution in [0.3, 0.4) is 0 Å². The fourth-order valence-corrected chi connectivity index (χ4v) is 3.12. The summed E-state index contributed by atoms with van der Waals surface area (Å²) in [5, 5.41) is 4.32. The van der Waals surface area contributed by atoms with Crippen LogP contribution >= 0.6 is 0 Å². The molecule has 1 aromatic carbocycles. The van der Waals surface area contributed by atoms with Gasteiger partial charge in [-0.2, -0.15) is 5.10 Å². The predicted molar refractivity (Wildman–Crippen MR) is 103 cm³/mol. The van der Waals surface area contributed by atoms with Crippen molar-refractivity contribution in [3.05, 3.63) is 49.1 Å². The smallest absolute Gasteiger partial charge is 0.260 e. The van der Waals surface area contributed by atoms with Crippen LogP contribution in [-0.2, 0) is 16.1 Å². The summed E-state index contributed by atoms with van der Waals surface area (Å²) in [6, 6.07) is 7.60. The zero-order valence-electron chi connectivity index (χ0n) is 15.8. The van der Waals surface area contributed by atoms with E-state index in [4.69, 9.17) is 9.47 Å². The molecule has 8 nitrogen and oxygen atoms in total. The SMILES string of the molecule is CCn1cc(-n2ccnc2-c2ccc(OCC(=O)N3CCOCC3)cc2)cn1. The fourth-order valence-electron chi connectivity index (χ4n) is 3.12. The Bertz CT molecular complexity index is 925. The van der Waals surface area contributed by atoms with Gasteiger partial charge in [0.05, 0.1) is 25.1 Å². The van der Waals surface area contributed by atoms with E-state index in [0.717, 1.165) is 23.6 Å². The van der Waals surface area contributed by atoms with E-state index in [1.165, 1.54) is 0 Å². The molecule has 3 heterocycles. The maximum absolute atomic E-state index is 12.2. The topological polar surface area (TPSA) is 74.4 Å². The summed E-state index contributed by atoms with van der Waals surface area (Å²) in [4.78, 5) is 18.4. The Hall–Kier alpha value is -3.13. The average molecular weight is 381 g/mol. The van der Waals surface area contributed by atoms with Crippen LogP contribution in [-0.4, -0.2) is 63.0 Å². The summed E-state index contributed by atoms with van der Waals surface area (Å²) >= 11 is 0. The van der Waals surface area contributed by atoms with Crippen LogP contribution in [0.4, 0.5) is 0 Å². The Morgan fingerprint density at radius 3 is 2.71 bits per heavy atom. The molecule has 1 fully saturated rings. The molecule has 0 atom stereocenters. The van der Waals surface area contributed by atoms with Crippen LogP contribution in [0.15, 0.2) is 49.1 Å². The molecule has 0 bridgehead atoms. The second-order valence-electron chi connectivity index (χ2n) is 6.48. The number of ether oxygens (including phenoxy) is 2. The third-order valence-electron chi connectivity index (χ3n) is 4.70. The van der Waals surface area contributed by atoms with Crippen molar-refractivity contribution >= 4 is 5.91 Å². The summed E-state index contributed by atoms with van der Waals surface area (Å²) in [5.74, 6) is 1.46. The van der Waals surface area contributed by atoms with Gasteiger partial charge in [-0.3, -0.25) is 14.0 Å². The number of aryl methyl sites for hydroxylation is 1. The predicted octanol–water partition coefficient (Wildman–Crippen LogP) is 1.99. The number of hydrogen-bond donors (Lipinski definition) is 0. The molecule has 3 aromatic rings. The number of carbonyl (C=O) groups excluding carboxylic acids is 1. The molecule has 0 aliphatic carbocycles. The summed E-state index contributed by atoms with van der Waals surface area (Å²) in [5.41, 5.74) is 1.92. The minimum atomic E-state index is -0.0177. The maximum Gasteiger partial charge on any atom is 0.260 e. The van der Waals surface area contributed by atoms with Crippen molar-refractivity contribution in [3.8, 4) is 22.8 Å². The molecule has 1 amide bonds. The quantitative estimate of drug-likeness (QED) is 0.653. The highest BCUT2D eigenvalue weighted by molar-refractivity contribution is 5.77. The summed E-state index contributed by atoms with van der Waals surface area (Å²) in [7, 11) is 0. The molecule has 1 aliphatic rings. The van der Waals surface area contributed by atoms with Gasteiger partial charge in [-0.1, -0.05) is 0 Å². The minimum Gasteiger partial charge on any atom is -0.484 e. The highest BCUT2D eigenvalue weighted by atomic mass is 16.5. The Labute approximate surface area is 163 Å². The number of amides is 1. The normalized spacial score (nSPS) is 14.2. The summed E-state index contributed by atoms with van der Waals surface area (Å²) in [6.07, 6.45) is 7.49. The summed E-state index contributed by atoms with van der Waals surface area (Å²) < 4.78 is 14.8. The van der Waals surface area contributed by atoms with E-state index in [0.29, 0.717) is 32.1 Å². The molecule has 0 unspecified atom stereocenters. The molecule has 1 saturated heterocycles. The van der Waals surface area contributed by atoms with Crippen molar-refractivity contribution in [2.75, 3.05) is 32.9 Å². The lowest BCUT2D eigenvalue weighted by Crippen LogP contribution is -2.42. The molecule has 146 valence electrons. The van der Waals surface area contributed by atoms with E-state index in [2.05, 4.69) is 10.1 Å². The van der Waals surface area contributed by atoms with Crippen LogP contribution in [0.1, 0.15) is 6.92 Å². The Morgan fingerprint density at radius 1 is 1.21 bits per heavy atom. The largest absolute Gasteiger partial charge is 0.484 e. The summed E-state index contributed by atoms with van der Waals surface area (Å²) in [6.45, 7) is 5.32. The van der Waals surface area contributed by atoms with Gasteiger partial charge in [0.15, 0.2) is 6.61 Å². The van der Waals surface area contributed by atoms with Gasteiger partial charge in [0.2, 0.25) is 0 Å². The zero-order valence-corrected chi connectivity index (χ0v) is 15.8. The van der Waals surface area contributed by atoms with Gasteiger partial charge in [0, 0.05) is 43.8 Å². The third-order valence-corrected chi connectivity index (χ3v) is 4.70. The number of imidazole rings is 1. The molecule has 28 heavy (non-hydrogen) atoms. The van der Waals surface area contributed by atoms with Crippen LogP contribution in [0.25, 0.3) is 17.1 Å². The Kier molecular flexibility index (Phi) is 5.38. The van der Waals surface area contributed by atoms with Gasteiger partial charge in [-0.25, -0.2) is 4.98 Å². The first-order valence-corrected chi connectivity index (χ1v) is 9.39. The molecule has 0 saturated carbocycles. The van der Waals surface area contributed by atoms with Crippen molar-refractivity contribution in [2.24, 2.45) is 0 Å². The monoisotopic (exact) mass is 381 g/mol. The van der Waals surface area contributed by atoms with E-state index < -0.39 is 0 Å². The Morgan fingerprint density at radius 2 is 2.00 bits per heavy atom. The number of benzene rings is 1. The van der Waals surface area contributed by atoms with E-state index in [1.54, 1.807) is 11.1 Å². The number of hydrogen-bond acceptors (Lipinski definition) is 5. The molecule has 4 rings (SSSR count). The molecular formula is C20H23N5O3. The standard InChI is InChI=1S/C20H23N5O3/c1-2-24-14-17(13-22-24)25-8-7-21-20(25)16-3-5-18(6-4-16)28-15-19(26)23-9-11-27-12-10-23/h3-8,13-14H,2,9-12,15H2,1H3. The second kappa shape index (κ2) is 8.26. The van der Waals surface area contributed by atoms with Crippen molar-refractivity contribution in [2.45, 2.75) is 13.5 Å². The van der Waals surface area contributed by atoms with Crippen LogP contribution < -0.4 is 4.74 Å². The molecule has 2 aromatic heterocycles. The Balaban J connectivity index is 1.42. The van der Waals surface area contributed by atoms with Crippen molar-refractivity contribution in [1.82, 2.24) is 24.2 Å². The van der Waals surface area contributed by atoms with Crippen LogP contribution in [0, 0.1) is 0 Å². The van der Waals surface area contributed by atoms with Gasteiger partial charge in [-0.05, 0) is 31.2 Å². The molecule has 8 heteroatoms. The number of morpholine rings is 1. The third kappa shape index (κ3) is 3.91. The first-order chi connectivity index (χ1) is 13.7. The number of aromatic nitrogens is 4. The van der Waals surface area contributed by atoms with Gasteiger partial charge in [0.1, 0.15) is 11.6 Å². The molecule has 1 aliphatic heterocycles. The fraction of sp³-hybridized carbons (Fsp3) is 0.350. The molecule has 0 spiro atoms. The lowest BCUT2D eigenvalue weighted by atomic mass is 10.2. The van der Waals surface area contributed by atoms with Gasteiger partial charge >= 0.3 is 0 Å². The van der Waals surface area contributed by atoms with Gasteiger partial charge in [0.25, 0.3) is 5.91 Å². The first-order valence-electron chi connectivity index (χ1n) is 9.39. The zero-order chi connectivity index (χ0) is 19.3. The number of carbonyl (C=O) groups is 1. The maximum atomic E-state index is 12.2. The van der Waals surface area contributed by atoms with Crippen LogP contribution in [0.2, 0.25) is 0 Å². The van der Waals surface area contributed by atoms with E-state index in [1.807, 2.05) is 59.0 Å². The molecular weight excluding hydrogens is 358 g/mol. The lowest BCUT2D eigenvalue weighted by Gasteiger charge is -2.26. The number of nitrogens with zero attached hydrogens (tertiary/aromatic N) is 5. The van der Waals surface area contributed by atoms with E-state index in [9.17, 15) is 4.79 Å². The van der Waals surface area contributed by atoms with Gasteiger partial charge in [-0.15, -0.1) is 0 Å². The van der Waals surface area contributed by atoms with E-state index in [-0.39, 0.29) is 12.5 Å². The van der Waals surface area contributed by atoms with Crippen molar-refractivity contribution in [1.29, 1.82) is 0 Å². The second-order valence-corrected chi connectivity index (χ2v) is 6.48. The minimum absolute atomic E-state index is 0.0177.